The van der Waals surface area contributed by atoms with Gasteiger partial charge in [0.15, 0.2) is 6.61 Å². The minimum atomic E-state index is -0.312. The van der Waals surface area contributed by atoms with Crippen LogP contribution in [0.5, 0.6) is 5.75 Å². The molecule has 1 unspecified atom stereocenters. The molecule has 174 valence electrons. The summed E-state index contributed by atoms with van der Waals surface area (Å²) in [5.74, 6) is 0.748. The molecule has 33 heavy (non-hydrogen) atoms. The minimum absolute atomic E-state index is 0.250. The Morgan fingerprint density at radius 1 is 1.00 bits per heavy atom. The summed E-state index contributed by atoms with van der Waals surface area (Å²) in [5.41, 5.74) is 2.78. The van der Waals surface area contributed by atoms with Crippen molar-refractivity contribution >= 4 is 17.6 Å². The van der Waals surface area contributed by atoms with Gasteiger partial charge in [-0.3, -0.25) is 9.59 Å². The van der Waals surface area contributed by atoms with Crippen LogP contribution in [0.3, 0.4) is 0 Å². The van der Waals surface area contributed by atoms with E-state index in [0.29, 0.717) is 18.8 Å². The van der Waals surface area contributed by atoms with Crippen molar-refractivity contribution in [3.63, 3.8) is 0 Å². The lowest BCUT2D eigenvalue weighted by molar-refractivity contribution is -0.153. The topological polar surface area (TPSA) is 68.2 Å². The molecule has 0 spiro atoms. The van der Waals surface area contributed by atoms with Gasteiger partial charge in [0.05, 0.1) is 18.9 Å². The smallest absolute Gasteiger partial charge is 0.306 e. The van der Waals surface area contributed by atoms with Gasteiger partial charge in [0.2, 0.25) is 0 Å². The number of benzene rings is 2. The number of hydrogen-bond donors (Lipinski definition) is 0. The van der Waals surface area contributed by atoms with E-state index < -0.39 is 0 Å². The fourth-order valence-electron chi connectivity index (χ4n) is 4.71. The second kappa shape index (κ2) is 11.1. The standard InChI is InChI=1S/C27H32N2O4/c1-32-23-15-13-22(14-16-23)25-18-24(21-10-6-3-7-11-21)28-29(25)26(30)19-33-27(31)17-12-20-8-4-2-5-9-20/h3,6-7,10-11,13-16,20,25H,2,4-5,8-9,12,17-19H2,1H3. The predicted octanol–water partition coefficient (Wildman–Crippen LogP) is 5.28. The highest BCUT2D eigenvalue weighted by Gasteiger charge is 2.33. The lowest BCUT2D eigenvalue weighted by Gasteiger charge is -2.22. The van der Waals surface area contributed by atoms with Gasteiger partial charge in [-0.1, -0.05) is 74.6 Å². The lowest BCUT2D eigenvalue weighted by atomic mass is 9.86. The maximum atomic E-state index is 13.1. The Hall–Kier alpha value is -3.15. The molecule has 0 N–H and O–H groups in total. The molecule has 1 aliphatic heterocycles. The molecule has 0 saturated heterocycles. The molecule has 6 nitrogen and oxygen atoms in total. The molecule has 0 radical (unpaired) electrons. The SMILES string of the molecule is COc1ccc(C2CC(c3ccccc3)=NN2C(=O)COC(=O)CCC2CCCCC2)cc1. The molecule has 0 aromatic heterocycles. The molecule has 2 aliphatic rings. The zero-order valence-electron chi connectivity index (χ0n) is 19.2. The normalized spacial score (nSPS) is 18.6. The molecule has 1 aliphatic carbocycles. The van der Waals surface area contributed by atoms with Crippen LogP contribution in [-0.2, 0) is 14.3 Å². The molecule has 1 saturated carbocycles. The van der Waals surface area contributed by atoms with E-state index in [1.165, 1.54) is 37.1 Å². The van der Waals surface area contributed by atoms with E-state index in [1.54, 1.807) is 7.11 Å². The number of hydrogen-bond acceptors (Lipinski definition) is 5. The second-order valence-electron chi connectivity index (χ2n) is 8.85. The quantitative estimate of drug-likeness (QED) is 0.516. The van der Waals surface area contributed by atoms with Crippen molar-refractivity contribution in [3.05, 3.63) is 65.7 Å². The first-order valence-electron chi connectivity index (χ1n) is 11.9. The van der Waals surface area contributed by atoms with Crippen LogP contribution in [-0.4, -0.2) is 36.3 Å². The Kier molecular flexibility index (Phi) is 7.76. The number of nitrogens with zero attached hydrogens (tertiary/aromatic N) is 2. The van der Waals surface area contributed by atoms with E-state index in [-0.39, 0.29) is 24.5 Å². The van der Waals surface area contributed by atoms with Gasteiger partial charge in [-0.25, -0.2) is 5.01 Å². The lowest BCUT2D eigenvalue weighted by Crippen LogP contribution is -2.31. The summed E-state index contributed by atoms with van der Waals surface area (Å²) in [6, 6.07) is 17.2. The number of amides is 1. The summed E-state index contributed by atoms with van der Waals surface area (Å²) in [6.07, 6.45) is 8.01. The Labute approximate surface area is 195 Å². The number of hydrazone groups is 1. The first kappa shape index (κ1) is 23.0. The Bertz CT molecular complexity index is 965. The molecule has 1 heterocycles. The van der Waals surface area contributed by atoms with Crippen molar-refractivity contribution in [2.75, 3.05) is 13.7 Å². The van der Waals surface area contributed by atoms with Crippen LogP contribution in [0.2, 0.25) is 0 Å². The summed E-state index contributed by atoms with van der Waals surface area (Å²) in [7, 11) is 1.62. The highest BCUT2D eigenvalue weighted by Crippen LogP contribution is 2.33. The van der Waals surface area contributed by atoms with E-state index in [4.69, 9.17) is 9.47 Å². The zero-order valence-corrected chi connectivity index (χ0v) is 19.2. The molecular formula is C27H32N2O4. The molecular weight excluding hydrogens is 416 g/mol. The second-order valence-corrected chi connectivity index (χ2v) is 8.85. The van der Waals surface area contributed by atoms with Gasteiger partial charge in [0, 0.05) is 12.8 Å². The zero-order chi connectivity index (χ0) is 23.0. The predicted molar refractivity (Wildman–Crippen MR) is 127 cm³/mol. The van der Waals surface area contributed by atoms with Crippen molar-refractivity contribution in [2.24, 2.45) is 11.0 Å². The molecule has 1 atom stereocenters. The number of rotatable bonds is 8. The fraction of sp³-hybridized carbons (Fsp3) is 0.444. The maximum absolute atomic E-state index is 13.1. The van der Waals surface area contributed by atoms with Crippen molar-refractivity contribution in [1.29, 1.82) is 0 Å². The number of ether oxygens (including phenoxy) is 2. The van der Waals surface area contributed by atoms with Gasteiger partial charge in [0.1, 0.15) is 5.75 Å². The van der Waals surface area contributed by atoms with E-state index in [2.05, 4.69) is 5.10 Å². The van der Waals surface area contributed by atoms with Crippen LogP contribution in [0.25, 0.3) is 0 Å². The number of carbonyl (C=O) groups excluding carboxylic acids is 2. The Morgan fingerprint density at radius 2 is 1.73 bits per heavy atom. The summed E-state index contributed by atoms with van der Waals surface area (Å²) < 4.78 is 10.6. The summed E-state index contributed by atoms with van der Waals surface area (Å²) >= 11 is 0. The third-order valence-electron chi connectivity index (χ3n) is 6.61. The number of carbonyl (C=O) groups is 2. The first-order chi connectivity index (χ1) is 16.1. The first-order valence-corrected chi connectivity index (χ1v) is 11.9. The van der Waals surface area contributed by atoms with Gasteiger partial charge < -0.3 is 9.47 Å². The molecule has 1 amide bonds. The van der Waals surface area contributed by atoms with E-state index in [9.17, 15) is 9.59 Å². The van der Waals surface area contributed by atoms with Crippen LogP contribution in [0, 0.1) is 5.92 Å². The van der Waals surface area contributed by atoms with Gasteiger partial charge in [0.25, 0.3) is 5.91 Å². The molecule has 1 fully saturated rings. The summed E-state index contributed by atoms with van der Waals surface area (Å²) in [6.45, 7) is -0.290. The van der Waals surface area contributed by atoms with Gasteiger partial charge in [-0.2, -0.15) is 5.10 Å². The van der Waals surface area contributed by atoms with Crippen molar-refractivity contribution in [3.8, 4) is 5.75 Å². The van der Waals surface area contributed by atoms with E-state index in [0.717, 1.165) is 29.0 Å². The third kappa shape index (κ3) is 6.01. The monoisotopic (exact) mass is 448 g/mol. The van der Waals surface area contributed by atoms with Crippen LogP contribution in [0.15, 0.2) is 59.7 Å². The summed E-state index contributed by atoms with van der Waals surface area (Å²) in [4.78, 5) is 25.3. The third-order valence-corrected chi connectivity index (χ3v) is 6.61. The molecule has 2 aromatic rings. The van der Waals surface area contributed by atoms with E-state index in [1.807, 2.05) is 54.6 Å². The number of esters is 1. The average molecular weight is 449 g/mol. The molecule has 2 aromatic carbocycles. The van der Waals surface area contributed by atoms with Crippen LogP contribution in [0.4, 0.5) is 0 Å². The molecule has 4 rings (SSSR count). The Balaban J connectivity index is 1.41. The van der Waals surface area contributed by atoms with Gasteiger partial charge in [-0.05, 0) is 35.6 Å². The van der Waals surface area contributed by atoms with Crippen LogP contribution in [0.1, 0.15) is 68.5 Å². The summed E-state index contributed by atoms with van der Waals surface area (Å²) in [5, 5.41) is 6.10. The average Bonchev–Trinajstić information content (AvgIpc) is 3.33. The van der Waals surface area contributed by atoms with Crippen LogP contribution >= 0.6 is 0 Å². The molecule has 6 heteroatoms. The van der Waals surface area contributed by atoms with Crippen molar-refractivity contribution in [2.45, 2.75) is 57.4 Å². The maximum Gasteiger partial charge on any atom is 0.306 e. The van der Waals surface area contributed by atoms with Gasteiger partial charge >= 0.3 is 5.97 Å². The van der Waals surface area contributed by atoms with Crippen LogP contribution < -0.4 is 4.74 Å². The molecule has 0 bridgehead atoms. The Morgan fingerprint density at radius 3 is 2.42 bits per heavy atom. The largest absolute Gasteiger partial charge is 0.497 e. The fourth-order valence-corrected chi connectivity index (χ4v) is 4.71. The van der Waals surface area contributed by atoms with Gasteiger partial charge in [-0.15, -0.1) is 0 Å². The van der Waals surface area contributed by atoms with E-state index >= 15 is 0 Å². The highest BCUT2D eigenvalue weighted by atomic mass is 16.5. The highest BCUT2D eigenvalue weighted by molar-refractivity contribution is 6.03. The number of methoxy groups -OCH3 is 1. The van der Waals surface area contributed by atoms with Crippen molar-refractivity contribution < 1.29 is 19.1 Å². The minimum Gasteiger partial charge on any atom is -0.497 e. The van der Waals surface area contributed by atoms with Crippen molar-refractivity contribution in [1.82, 2.24) is 5.01 Å².